The zero-order chi connectivity index (χ0) is 17.1. The van der Waals surface area contributed by atoms with Crippen molar-refractivity contribution in [2.75, 3.05) is 51.7 Å². The third kappa shape index (κ3) is 3.83. The molecule has 2 aliphatic heterocycles. The van der Waals surface area contributed by atoms with E-state index in [1.165, 1.54) is 11.3 Å². The smallest absolute Gasteiger partial charge is 0.317 e. The van der Waals surface area contributed by atoms with Crippen LogP contribution in [0.25, 0.3) is 0 Å². The zero-order valence-electron chi connectivity index (χ0n) is 15.2. The normalized spacial score (nSPS) is 21.2. The predicted octanol–water partition coefficient (Wildman–Crippen LogP) is 2.03. The van der Waals surface area contributed by atoms with Crippen molar-refractivity contribution in [1.29, 1.82) is 0 Å². The summed E-state index contributed by atoms with van der Waals surface area (Å²) in [6, 6.07) is 9.00. The van der Waals surface area contributed by atoms with E-state index in [4.69, 9.17) is 0 Å². The molecule has 0 aliphatic carbocycles. The van der Waals surface area contributed by atoms with Gasteiger partial charge >= 0.3 is 6.03 Å². The van der Waals surface area contributed by atoms with E-state index >= 15 is 0 Å². The van der Waals surface area contributed by atoms with Gasteiger partial charge in [0.2, 0.25) is 0 Å². The van der Waals surface area contributed by atoms with E-state index in [0.717, 1.165) is 39.0 Å². The summed E-state index contributed by atoms with van der Waals surface area (Å²) in [5.74, 6) is 0.605. The van der Waals surface area contributed by atoms with Gasteiger partial charge in [-0.1, -0.05) is 18.2 Å². The quantitative estimate of drug-likeness (QED) is 0.898. The van der Waals surface area contributed by atoms with Crippen LogP contribution >= 0.6 is 0 Å². The Morgan fingerprint density at radius 1 is 1.33 bits per heavy atom. The van der Waals surface area contributed by atoms with Gasteiger partial charge in [0.05, 0.1) is 0 Å². The van der Waals surface area contributed by atoms with Gasteiger partial charge in [0.25, 0.3) is 0 Å². The Balaban J connectivity index is 1.47. The fraction of sp³-hybridized carbons (Fsp3) is 0.632. The molecule has 0 bridgehead atoms. The highest BCUT2D eigenvalue weighted by Crippen LogP contribution is 2.28. The number of para-hydroxylation sites is 1. The van der Waals surface area contributed by atoms with Crippen molar-refractivity contribution in [2.24, 2.45) is 5.92 Å². The highest BCUT2D eigenvalue weighted by atomic mass is 16.2. The summed E-state index contributed by atoms with van der Waals surface area (Å²) in [5.41, 5.74) is 2.74. The fourth-order valence-electron chi connectivity index (χ4n) is 3.96. The number of anilines is 1. The predicted molar refractivity (Wildman–Crippen MR) is 98.6 cm³/mol. The minimum absolute atomic E-state index is 0.0931. The molecule has 3 rings (SSSR count). The van der Waals surface area contributed by atoms with E-state index in [2.05, 4.69) is 60.4 Å². The van der Waals surface area contributed by atoms with E-state index in [-0.39, 0.29) is 6.03 Å². The maximum absolute atomic E-state index is 12.4. The van der Waals surface area contributed by atoms with Crippen LogP contribution in [0, 0.1) is 5.92 Å². The van der Waals surface area contributed by atoms with Crippen LogP contribution in [0.5, 0.6) is 0 Å². The van der Waals surface area contributed by atoms with Crippen LogP contribution in [0.15, 0.2) is 24.3 Å². The number of benzene rings is 1. The molecule has 24 heavy (non-hydrogen) atoms. The van der Waals surface area contributed by atoms with Crippen molar-refractivity contribution in [3.63, 3.8) is 0 Å². The second kappa shape index (κ2) is 7.43. The molecule has 1 N–H and O–H groups in total. The maximum Gasteiger partial charge on any atom is 0.317 e. The molecule has 2 aliphatic rings. The van der Waals surface area contributed by atoms with Crippen molar-refractivity contribution in [1.82, 2.24) is 15.1 Å². The Kier molecular flexibility index (Phi) is 5.29. The van der Waals surface area contributed by atoms with Crippen LogP contribution in [-0.4, -0.2) is 68.7 Å². The first-order valence-corrected chi connectivity index (χ1v) is 9.06. The largest absolute Gasteiger partial charge is 0.366 e. The summed E-state index contributed by atoms with van der Waals surface area (Å²) < 4.78 is 0. The summed E-state index contributed by atoms with van der Waals surface area (Å²) in [7, 11) is 4.19. The van der Waals surface area contributed by atoms with E-state index in [0.29, 0.717) is 18.5 Å². The number of carbonyl (C=O) groups is 1. The molecule has 0 radical (unpaired) electrons. The van der Waals surface area contributed by atoms with Gasteiger partial charge in [-0.3, -0.25) is 0 Å². The summed E-state index contributed by atoms with van der Waals surface area (Å²) in [6.07, 6.45) is 2.22. The molecule has 2 amide bonds. The lowest BCUT2D eigenvalue weighted by atomic mass is 10.1. The molecule has 1 fully saturated rings. The Morgan fingerprint density at radius 2 is 2.12 bits per heavy atom. The van der Waals surface area contributed by atoms with E-state index in [9.17, 15) is 4.79 Å². The van der Waals surface area contributed by atoms with Gasteiger partial charge in [0.15, 0.2) is 0 Å². The molecule has 0 unspecified atom stereocenters. The van der Waals surface area contributed by atoms with Gasteiger partial charge in [0.1, 0.15) is 0 Å². The van der Waals surface area contributed by atoms with Gasteiger partial charge in [0, 0.05) is 44.5 Å². The van der Waals surface area contributed by atoms with Crippen molar-refractivity contribution in [3.05, 3.63) is 29.8 Å². The van der Waals surface area contributed by atoms with E-state index in [1.807, 2.05) is 4.90 Å². The van der Waals surface area contributed by atoms with Crippen LogP contribution in [0.1, 0.15) is 18.9 Å². The second-order valence-electron chi connectivity index (χ2n) is 7.47. The molecule has 1 aromatic carbocycles. The lowest BCUT2D eigenvalue weighted by molar-refractivity contribution is 0.205. The van der Waals surface area contributed by atoms with Crippen molar-refractivity contribution in [2.45, 2.75) is 25.8 Å². The van der Waals surface area contributed by atoms with Gasteiger partial charge < -0.3 is 20.0 Å². The number of nitrogens with one attached hydrogen (secondary N) is 1. The van der Waals surface area contributed by atoms with Gasteiger partial charge in [-0.25, -0.2) is 4.79 Å². The molecule has 1 saturated heterocycles. The second-order valence-corrected chi connectivity index (χ2v) is 7.47. The zero-order valence-corrected chi connectivity index (χ0v) is 15.2. The Morgan fingerprint density at radius 3 is 2.92 bits per heavy atom. The number of nitrogens with zero attached hydrogens (tertiary/aromatic N) is 3. The summed E-state index contributed by atoms with van der Waals surface area (Å²) in [5, 5.41) is 3.14. The summed E-state index contributed by atoms with van der Waals surface area (Å²) in [6.45, 7) is 6.76. The molecule has 2 heterocycles. The van der Waals surface area contributed by atoms with E-state index in [1.54, 1.807) is 0 Å². The van der Waals surface area contributed by atoms with Crippen molar-refractivity contribution in [3.8, 4) is 0 Å². The van der Waals surface area contributed by atoms with Gasteiger partial charge in [-0.2, -0.15) is 0 Å². The molecule has 5 nitrogen and oxygen atoms in total. The number of rotatable bonds is 5. The SMILES string of the molecule is C[C@@H](CNC(=O)N1CC[C@@H](CN(C)C)C1)N1CCc2ccccc21. The number of amides is 2. The average molecular weight is 330 g/mol. The lowest BCUT2D eigenvalue weighted by Crippen LogP contribution is -2.46. The lowest BCUT2D eigenvalue weighted by Gasteiger charge is -2.28. The highest BCUT2D eigenvalue weighted by molar-refractivity contribution is 5.74. The average Bonchev–Trinajstić information content (AvgIpc) is 3.18. The number of urea groups is 1. The first kappa shape index (κ1) is 17.1. The number of fused-ring (bicyclic) bond motifs is 1. The Labute approximate surface area is 145 Å². The number of carbonyl (C=O) groups excluding carboxylic acids is 1. The standard InChI is InChI=1S/C19H30N4O/c1-15(23-11-9-17-6-4-5-7-18(17)23)12-20-19(24)22-10-8-16(14-22)13-21(2)3/h4-7,15-16H,8-14H2,1-3H3,(H,20,24)/t15-,16-/m0/s1. The number of likely N-dealkylation sites (tertiary alicyclic amines) is 1. The number of hydrogen-bond donors (Lipinski definition) is 1. The molecular weight excluding hydrogens is 300 g/mol. The van der Waals surface area contributed by atoms with Crippen LogP contribution in [0.2, 0.25) is 0 Å². The molecule has 5 heteroatoms. The molecule has 2 atom stereocenters. The minimum atomic E-state index is 0.0931. The Bertz CT molecular complexity index is 574. The van der Waals surface area contributed by atoms with Crippen LogP contribution in [0.3, 0.4) is 0 Å². The number of hydrogen-bond acceptors (Lipinski definition) is 3. The first-order valence-electron chi connectivity index (χ1n) is 9.06. The van der Waals surface area contributed by atoms with Crippen molar-refractivity contribution < 1.29 is 4.79 Å². The highest BCUT2D eigenvalue weighted by Gasteiger charge is 2.28. The third-order valence-corrected chi connectivity index (χ3v) is 5.20. The van der Waals surface area contributed by atoms with Gasteiger partial charge in [-0.15, -0.1) is 0 Å². The Hall–Kier alpha value is -1.75. The fourth-order valence-corrected chi connectivity index (χ4v) is 3.96. The van der Waals surface area contributed by atoms with Crippen LogP contribution in [0.4, 0.5) is 10.5 Å². The van der Waals surface area contributed by atoms with Crippen molar-refractivity contribution >= 4 is 11.7 Å². The van der Waals surface area contributed by atoms with Gasteiger partial charge in [-0.05, 0) is 51.4 Å². The maximum atomic E-state index is 12.4. The van der Waals surface area contributed by atoms with Crippen LogP contribution < -0.4 is 10.2 Å². The summed E-state index contributed by atoms with van der Waals surface area (Å²) >= 11 is 0. The van der Waals surface area contributed by atoms with Crippen LogP contribution in [-0.2, 0) is 6.42 Å². The summed E-state index contributed by atoms with van der Waals surface area (Å²) in [4.78, 5) is 19.0. The molecule has 132 valence electrons. The first-order chi connectivity index (χ1) is 11.5. The monoisotopic (exact) mass is 330 g/mol. The third-order valence-electron chi connectivity index (χ3n) is 5.20. The topological polar surface area (TPSA) is 38.8 Å². The molecule has 0 aromatic heterocycles. The molecular formula is C19H30N4O. The van der Waals surface area contributed by atoms with E-state index < -0.39 is 0 Å². The minimum Gasteiger partial charge on any atom is -0.366 e. The molecule has 0 saturated carbocycles. The molecule has 0 spiro atoms. The molecule has 1 aromatic rings.